The van der Waals surface area contributed by atoms with Crippen molar-refractivity contribution in [3.63, 3.8) is 0 Å². The molecule has 0 bridgehead atoms. The number of aromatic hydroxyl groups is 1. The Morgan fingerprint density at radius 2 is 1.67 bits per heavy atom. The van der Waals surface area contributed by atoms with Crippen LogP contribution in [-0.2, 0) is 6.54 Å². The quantitative estimate of drug-likeness (QED) is 0.227. The zero-order chi connectivity index (χ0) is 30.9. The van der Waals surface area contributed by atoms with Crippen LogP contribution in [-0.4, -0.2) is 45.3 Å². The van der Waals surface area contributed by atoms with Crippen molar-refractivity contribution < 1.29 is 9.90 Å². The second kappa shape index (κ2) is 11.4. The average molecular weight is 594 g/mol. The number of amides is 1. The van der Waals surface area contributed by atoms with E-state index in [1.807, 2.05) is 65.4 Å². The molecule has 1 amide bonds. The first-order valence-electron chi connectivity index (χ1n) is 14.2. The summed E-state index contributed by atoms with van der Waals surface area (Å²) >= 11 is 0. The molecule has 2 aromatic carbocycles. The first kappa shape index (κ1) is 27.5. The van der Waals surface area contributed by atoms with Crippen LogP contribution in [0.15, 0.2) is 110 Å². The number of nitrogens with two attached hydrogens (primary N) is 1. The second-order valence-electron chi connectivity index (χ2n) is 10.5. The van der Waals surface area contributed by atoms with Gasteiger partial charge in [-0.2, -0.15) is 5.10 Å². The summed E-state index contributed by atoms with van der Waals surface area (Å²) < 4.78 is 3.38. The molecule has 220 valence electrons. The standard InChI is InChI=1S/C34H27N9O2/c1-21-16-30(44)43(41-21)27-12-8-23(9-13-27)34(45)39-18-22-6-10-26(11-7-22)42-32(28-5-3-15-37-31(28)35)40-29-17-25(20-38-33(29)42)24-4-2-14-36-19-24/h2-17,19-20,44H,18H2,1H3,(H2,35,37)(H,39,45). The zero-order valence-corrected chi connectivity index (χ0v) is 24.2. The van der Waals surface area contributed by atoms with Crippen LogP contribution in [0, 0.1) is 6.92 Å². The monoisotopic (exact) mass is 593 g/mol. The number of hydrogen-bond acceptors (Lipinski definition) is 8. The Balaban J connectivity index is 1.14. The molecule has 0 radical (unpaired) electrons. The number of pyridine rings is 3. The van der Waals surface area contributed by atoms with Gasteiger partial charge in [-0.1, -0.05) is 18.2 Å². The molecule has 0 saturated carbocycles. The normalized spacial score (nSPS) is 11.1. The lowest BCUT2D eigenvalue weighted by Crippen LogP contribution is -2.22. The zero-order valence-electron chi connectivity index (χ0n) is 24.2. The Hall–Kier alpha value is -6.36. The average Bonchev–Trinajstić information content (AvgIpc) is 3.62. The lowest BCUT2D eigenvalue weighted by molar-refractivity contribution is 0.0951. The van der Waals surface area contributed by atoms with Crippen molar-refractivity contribution in [1.29, 1.82) is 0 Å². The molecule has 7 aromatic rings. The summed E-state index contributed by atoms with van der Waals surface area (Å²) in [5.41, 5.74) is 13.8. The highest BCUT2D eigenvalue weighted by atomic mass is 16.3. The number of aryl methyl sites for hydroxylation is 1. The molecular formula is C34H27N9O2. The molecule has 0 aliphatic carbocycles. The molecule has 7 rings (SSSR count). The van der Waals surface area contributed by atoms with Crippen LogP contribution in [0.1, 0.15) is 21.6 Å². The molecule has 0 atom stereocenters. The predicted molar refractivity (Wildman–Crippen MR) is 171 cm³/mol. The van der Waals surface area contributed by atoms with E-state index in [0.717, 1.165) is 22.4 Å². The van der Waals surface area contributed by atoms with Crippen molar-refractivity contribution in [3.05, 3.63) is 127 Å². The molecule has 45 heavy (non-hydrogen) atoms. The Morgan fingerprint density at radius 1 is 0.889 bits per heavy atom. The van der Waals surface area contributed by atoms with Gasteiger partial charge in [0.2, 0.25) is 5.88 Å². The number of fused-ring (bicyclic) bond motifs is 1. The fourth-order valence-electron chi connectivity index (χ4n) is 5.17. The van der Waals surface area contributed by atoms with Gasteiger partial charge >= 0.3 is 0 Å². The molecule has 0 saturated heterocycles. The topological polar surface area (TPSA) is 150 Å². The SMILES string of the molecule is Cc1cc(O)n(-c2ccc(C(=O)NCc3ccc(-n4c(-c5cccnc5N)nc5cc(-c6cccnc6)cnc54)cc3)cc2)n1. The number of carbonyl (C=O) groups is 1. The maximum absolute atomic E-state index is 12.9. The van der Waals surface area contributed by atoms with Crippen molar-refractivity contribution in [2.45, 2.75) is 13.5 Å². The summed E-state index contributed by atoms with van der Waals surface area (Å²) in [4.78, 5) is 31.1. The number of carbonyl (C=O) groups excluding carboxylic acids is 1. The minimum Gasteiger partial charge on any atom is -0.493 e. The van der Waals surface area contributed by atoms with Gasteiger partial charge in [-0.15, -0.1) is 0 Å². The van der Waals surface area contributed by atoms with E-state index < -0.39 is 0 Å². The van der Waals surface area contributed by atoms with Gasteiger partial charge < -0.3 is 16.2 Å². The number of nitrogens with one attached hydrogen (secondary N) is 1. The van der Waals surface area contributed by atoms with Crippen LogP contribution >= 0.6 is 0 Å². The lowest BCUT2D eigenvalue weighted by atomic mass is 10.1. The first-order valence-corrected chi connectivity index (χ1v) is 14.2. The second-order valence-corrected chi connectivity index (χ2v) is 10.5. The van der Waals surface area contributed by atoms with E-state index in [0.29, 0.717) is 51.9 Å². The molecule has 4 N–H and O–H groups in total. The number of hydrogen-bond donors (Lipinski definition) is 3. The maximum atomic E-state index is 12.9. The molecule has 0 aliphatic rings. The van der Waals surface area contributed by atoms with Gasteiger partial charge in [0.15, 0.2) is 11.5 Å². The highest BCUT2D eigenvalue weighted by Crippen LogP contribution is 2.32. The van der Waals surface area contributed by atoms with Gasteiger partial charge in [-0.3, -0.25) is 14.3 Å². The highest BCUT2D eigenvalue weighted by Gasteiger charge is 2.19. The smallest absolute Gasteiger partial charge is 0.251 e. The molecular weight excluding hydrogens is 566 g/mol. The maximum Gasteiger partial charge on any atom is 0.251 e. The number of imidazole rings is 1. The first-order chi connectivity index (χ1) is 21.9. The molecule has 0 aliphatic heterocycles. The van der Waals surface area contributed by atoms with Crippen molar-refractivity contribution in [3.8, 4) is 39.8 Å². The van der Waals surface area contributed by atoms with Crippen LogP contribution in [0.4, 0.5) is 5.82 Å². The van der Waals surface area contributed by atoms with E-state index in [9.17, 15) is 9.90 Å². The van der Waals surface area contributed by atoms with Crippen LogP contribution in [0.25, 0.3) is 45.1 Å². The highest BCUT2D eigenvalue weighted by molar-refractivity contribution is 5.94. The predicted octanol–water partition coefficient (Wildman–Crippen LogP) is 5.26. The minimum atomic E-state index is -0.213. The van der Waals surface area contributed by atoms with Crippen molar-refractivity contribution >= 4 is 22.9 Å². The fourth-order valence-corrected chi connectivity index (χ4v) is 5.17. The summed E-state index contributed by atoms with van der Waals surface area (Å²) in [5.74, 6) is 0.813. The summed E-state index contributed by atoms with van der Waals surface area (Å²) in [6.45, 7) is 2.13. The van der Waals surface area contributed by atoms with Crippen LogP contribution in [0.5, 0.6) is 5.88 Å². The number of aromatic nitrogens is 7. The number of rotatable bonds is 7. The van der Waals surface area contributed by atoms with E-state index in [1.165, 1.54) is 4.68 Å². The Bertz CT molecular complexity index is 2150. The molecule has 11 nitrogen and oxygen atoms in total. The lowest BCUT2D eigenvalue weighted by Gasteiger charge is -2.12. The van der Waals surface area contributed by atoms with Gasteiger partial charge in [0.1, 0.15) is 11.3 Å². The van der Waals surface area contributed by atoms with Crippen LogP contribution in [0.2, 0.25) is 0 Å². The van der Waals surface area contributed by atoms with E-state index >= 15 is 0 Å². The third kappa shape index (κ3) is 5.34. The van der Waals surface area contributed by atoms with E-state index in [1.54, 1.807) is 55.8 Å². The molecule has 5 heterocycles. The Labute approximate surface area is 257 Å². The van der Waals surface area contributed by atoms with Crippen molar-refractivity contribution in [2.75, 3.05) is 5.73 Å². The van der Waals surface area contributed by atoms with Crippen molar-refractivity contribution in [1.82, 2.24) is 39.6 Å². The van der Waals surface area contributed by atoms with E-state index in [2.05, 4.69) is 20.4 Å². The van der Waals surface area contributed by atoms with Crippen LogP contribution in [0.3, 0.4) is 0 Å². The van der Waals surface area contributed by atoms with E-state index in [4.69, 9.17) is 15.7 Å². The summed E-state index contributed by atoms with van der Waals surface area (Å²) in [6.07, 6.45) is 6.98. The number of anilines is 1. The third-order valence-corrected chi connectivity index (χ3v) is 7.41. The Morgan fingerprint density at radius 3 is 2.38 bits per heavy atom. The van der Waals surface area contributed by atoms with E-state index in [-0.39, 0.29) is 11.8 Å². The van der Waals surface area contributed by atoms with Gasteiger partial charge in [0.25, 0.3) is 5.91 Å². The third-order valence-electron chi connectivity index (χ3n) is 7.41. The van der Waals surface area contributed by atoms with Gasteiger partial charge in [0, 0.05) is 59.8 Å². The summed E-state index contributed by atoms with van der Waals surface area (Å²) in [6, 6.07) is 25.8. The van der Waals surface area contributed by atoms with Gasteiger partial charge in [-0.25, -0.2) is 19.6 Å². The minimum absolute atomic E-state index is 0.0399. The summed E-state index contributed by atoms with van der Waals surface area (Å²) in [7, 11) is 0. The molecule has 0 spiro atoms. The van der Waals surface area contributed by atoms with Gasteiger partial charge in [0.05, 0.1) is 16.9 Å². The fraction of sp³-hybridized carbons (Fsp3) is 0.0588. The molecule has 11 heteroatoms. The largest absolute Gasteiger partial charge is 0.493 e. The van der Waals surface area contributed by atoms with Crippen molar-refractivity contribution in [2.24, 2.45) is 0 Å². The van der Waals surface area contributed by atoms with Crippen LogP contribution < -0.4 is 11.1 Å². The number of benzene rings is 2. The number of nitrogens with zero attached hydrogens (tertiary/aromatic N) is 7. The summed E-state index contributed by atoms with van der Waals surface area (Å²) in [5, 5.41) is 17.3. The number of nitrogen functional groups attached to an aromatic ring is 1. The molecule has 5 aromatic heterocycles. The molecule has 0 fully saturated rings. The molecule has 0 unspecified atom stereocenters. The van der Waals surface area contributed by atoms with Gasteiger partial charge in [-0.05, 0) is 73.2 Å². The Kier molecular flexibility index (Phi) is 6.95.